The first kappa shape index (κ1) is 17.2. The summed E-state index contributed by atoms with van der Waals surface area (Å²) in [4.78, 5) is 16.2. The maximum absolute atomic E-state index is 4.91. The molecule has 5 rings (SSSR count). The highest BCUT2D eigenvalue weighted by molar-refractivity contribution is 7.15. The Labute approximate surface area is 164 Å². The first-order chi connectivity index (χ1) is 13.3. The van der Waals surface area contributed by atoms with Crippen molar-refractivity contribution in [2.75, 3.05) is 49.5 Å². The molecule has 0 aliphatic carbocycles. The van der Waals surface area contributed by atoms with Crippen LogP contribution in [0.4, 0.5) is 10.9 Å². The van der Waals surface area contributed by atoms with Crippen LogP contribution in [0.5, 0.6) is 0 Å². The molecule has 2 aromatic rings. The molecule has 7 heteroatoms. The van der Waals surface area contributed by atoms with Crippen LogP contribution in [0.15, 0.2) is 18.2 Å². The van der Waals surface area contributed by atoms with Crippen molar-refractivity contribution < 1.29 is 0 Å². The van der Waals surface area contributed by atoms with Crippen LogP contribution in [0.25, 0.3) is 6.08 Å². The number of nitrogens with zero attached hydrogens (tertiary/aromatic N) is 4. The van der Waals surface area contributed by atoms with Gasteiger partial charge in [-0.3, -0.25) is 4.90 Å². The molecule has 27 heavy (non-hydrogen) atoms. The normalized spacial score (nSPS) is 20.7. The molecule has 0 bridgehead atoms. The number of hydrogen-bond donors (Lipinski definition) is 2. The van der Waals surface area contributed by atoms with Crippen molar-refractivity contribution in [1.29, 1.82) is 0 Å². The molecule has 1 atom stereocenters. The monoisotopic (exact) mass is 382 g/mol. The fourth-order valence-corrected chi connectivity index (χ4v) is 5.20. The van der Waals surface area contributed by atoms with Crippen LogP contribution in [0.2, 0.25) is 0 Å². The van der Waals surface area contributed by atoms with Gasteiger partial charge in [0.15, 0.2) is 5.13 Å². The lowest BCUT2D eigenvalue weighted by Gasteiger charge is -2.37. The van der Waals surface area contributed by atoms with E-state index in [9.17, 15) is 0 Å². The zero-order valence-electron chi connectivity index (χ0n) is 15.7. The van der Waals surface area contributed by atoms with Crippen molar-refractivity contribution in [2.24, 2.45) is 0 Å². The van der Waals surface area contributed by atoms with E-state index in [0.717, 1.165) is 63.7 Å². The number of anilines is 2. The third-order valence-electron chi connectivity index (χ3n) is 5.78. The van der Waals surface area contributed by atoms with E-state index in [0.29, 0.717) is 6.04 Å². The van der Waals surface area contributed by atoms with E-state index in [1.54, 1.807) is 0 Å². The van der Waals surface area contributed by atoms with Crippen molar-refractivity contribution >= 4 is 28.4 Å². The Bertz CT molecular complexity index is 829. The number of fused-ring (bicyclic) bond motifs is 2. The summed E-state index contributed by atoms with van der Waals surface area (Å²) < 4.78 is 0. The van der Waals surface area contributed by atoms with Crippen LogP contribution in [-0.4, -0.2) is 54.1 Å². The molecule has 1 unspecified atom stereocenters. The third kappa shape index (κ3) is 3.35. The molecule has 3 aliphatic heterocycles. The Balaban J connectivity index is 1.25. The Morgan fingerprint density at radius 2 is 2.04 bits per heavy atom. The predicted octanol–water partition coefficient (Wildman–Crippen LogP) is 2.51. The molecule has 2 aromatic heterocycles. The molecule has 0 aromatic carbocycles. The van der Waals surface area contributed by atoms with Gasteiger partial charge in [-0.05, 0) is 19.1 Å². The highest BCUT2D eigenvalue weighted by atomic mass is 32.1. The van der Waals surface area contributed by atoms with Gasteiger partial charge in [0.25, 0.3) is 0 Å². The molecule has 0 amide bonds. The zero-order chi connectivity index (χ0) is 18.2. The number of pyridine rings is 1. The molecule has 142 valence electrons. The van der Waals surface area contributed by atoms with Gasteiger partial charge in [-0.25, -0.2) is 9.97 Å². The molecule has 3 aliphatic rings. The SMILES string of the molecule is CC(c1ccc2c(n1)NCC=C2)N1CCN(c2nc3c(s2)CNCC3)CC1. The highest BCUT2D eigenvalue weighted by Crippen LogP contribution is 2.30. The molecular weight excluding hydrogens is 356 g/mol. The van der Waals surface area contributed by atoms with Crippen molar-refractivity contribution in [1.82, 2.24) is 20.2 Å². The summed E-state index contributed by atoms with van der Waals surface area (Å²) >= 11 is 1.87. The summed E-state index contributed by atoms with van der Waals surface area (Å²) in [6.07, 6.45) is 5.35. The van der Waals surface area contributed by atoms with Gasteiger partial charge in [-0.1, -0.05) is 12.2 Å². The van der Waals surface area contributed by atoms with Crippen molar-refractivity contribution in [3.63, 3.8) is 0 Å². The fourth-order valence-electron chi connectivity index (χ4n) is 4.07. The average Bonchev–Trinajstić information content (AvgIpc) is 3.17. The molecule has 1 saturated heterocycles. The quantitative estimate of drug-likeness (QED) is 0.851. The average molecular weight is 383 g/mol. The molecule has 0 radical (unpaired) electrons. The zero-order valence-corrected chi connectivity index (χ0v) is 16.6. The maximum atomic E-state index is 4.91. The number of nitrogens with one attached hydrogen (secondary N) is 2. The first-order valence-corrected chi connectivity index (χ1v) is 10.7. The molecule has 5 heterocycles. The van der Waals surface area contributed by atoms with E-state index in [4.69, 9.17) is 9.97 Å². The highest BCUT2D eigenvalue weighted by Gasteiger charge is 2.26. The van der Waals surface area contributed by atoms with Gasteiger partial charge in [-0.2, -0.15) is 0 Å². The Morgan fingerprint density at radius 3 is 2.89 bits per heavy atom. The lowest BCUT2D eigenvalue weighted by atomic mass is 10.1. The molecule has 6 nitrogen and oxygen atoms in total. The number of rotatable bonds is 3. The summed E-state index contributed by atoms with van der Waals surface area (Å²) in [5, 5.41) is 8.03. The number of aromatic nitrogens is 2. The van der Waals surface area contributed by atoms with Crippen LogP contribution in [0.1, 0.15) is 34.8 Å². The first-order valence-electron chi connectivity index (χ1n) is 9.87. The summed E-state index contributed by atoms with van der Waals surface area (Å²) in [5.41, 5.74) is 3.65. The van der Waals surface area contributed by atoms with Crippen LogP contribution < -0.4 is 15.5 Å². The molecule has 2 N–H and O–H groups in total. The lowest BCUT2D eigenvalue weighted by Crippen LogP contribution is -2.47. The van der Waals surface area contributed by atoms with Gasteiger partial charge in [0.05, 0.1) is 11.4 Å². The second kappa shape index (κ2) is 7.22. The summed E-state index contributed by atoms with van der Waals surface area (Å²) in [6.45, 7) is 9.36. The number of thiazole rings is 1. The van der Waals surface area contributed by atoms with Crippen LogP contribution in [0, 0.1) is 0 Å². The van der Waals surface area contributed by atoms with Crippen molar-refractivity contribution in [3.05, 3.63) is 40.0 Å². The fraction of sp³-hybridized carbons (Fsp3) is 0.500. The summed E-state index contributed by atoms with van der Waals surface area (Å²) in [6, 6.07) is 4.69. The van der Waals surface area contributed by atoms with E-state index in [-0.39, 0.29) is 0 Å². The van der Waals surface area contributed by atoms with Gasteiger partial charge in [-0.15, -0.1) is 11.3 Å². The Hall–Kier alpha value is -1.96. The third-order valence-corrected chi connectivity index (χ3v) is 6.94. The van der Waals surface area contributed by atoms with E-state index < -0.39 is 0 Å². The second-order valence-electron chi connectivity index (χ2n) is 7.45. The minimum absolute atomic E-state index is 0.332. The lowest BCUT2D eigenvalue weighted by molar-refractivity contribution is 0.195. The molecular formula is C20H26N6S. The van der Waals surface area contributed by atoms with Gasteiger partial charge < -0.3 is 15.5 Å². The Morgan fingerprint density at radius 1 is 1.15 bits per heavy atom. The van der Waals surface area contributed by atoms with Gasteiger partial charge in [0.2, 0.25) is 0 Å². The van der Waals surface area contributed by atoms with Crippen LogP contribution >= 0.6 is 11.3 Å². The van der Waals surface area contributed by atoms with E-state index in [1.165, 1.54) is 21.3 Å². The molecule has 0 spiro atoms. The smallest absolute Gasteiger partial charge is 0.185 e. The van der Waals surface area contributed by atoms with Gasteiger partial charge in [0.1, 0.15) is 5.82 Å². The van der Waals surface area contributed by atoms with Gasteiger partial charge >= 0.3 is 0 Å². The molecule has 0 saturated carbocycles. The van der Waals surface area contributed by atoms with E-state index >= 15 is 0 Å². The number of hydrogen-bond acceptors (Lipinski definition) is 7. The van der Waals surface area contributed by atoms with Crippen LogP contribution in [-0.2, 0) is 13.0 Å². The standard InChI is InChI=1S/C20H26N6S/c1-14(16-5-4-15-3-2-7-22-19(15)23-16)25-9-11-26(12-10-25)20-24-17-6-8-21-13-18(17)27-20/h2-5,14,21H,6-13H2,1H3,(H,22,23). The topological polar surface area (TPSA) is 56.3 Å². The van der Waals surface area contributed by atoms with E-state index in [1.807, 2.05) is 11.3 Å². The van der Waals surface area contributed by atoms with Gasteiger partial charge in [0, 0.05) is 68.7 Å². The largest absolute Gasteiger partial charge is 0.366 e. The van der Waals surface area contributed by atoms with Crippen molar-refractivity contribution in [3.8, 4) is 0 Å². The van der Waals surface area contributed by atoms with E-state index in [2.05, 4.69) is 51.6 Å². The maximum Gasteiger partial charge on any atom is 0.185 e. The number of piperazine rings is 1. The molecule has 1 fully saturated rings. The minimum atomic E-state index is 0.332. The summed E-state index contributed by atoms with van der Waals surface area (Å²) in [5.74, 6) is 1.02. The Kier molecular flexibility index (Phi) is 4.59. The van der Waals surface area contributed by atoms with Crippen molar-refractivity contribution in [2.45, 2.75) is 25.9 Å². The second-order valence-corrected chi connectivity index (χ2v) is 8.51. The minimum Gasteiger partial charge on any atom is -0.366 e. The van der Waals surface area contributed by atoms with Crippen LogP contribution in [0.3, 0.4) is 0 Å². The predicted molar refractivity (Wildman–Crippen MR) is 111 cm³/mol. The summed E-state index contributed by atoms with van der Waals surface area (Å²) in [7, 11) is 0.